The number of amides is 1. The molecule has 1 aromatic rings. The second kappa shape index (κ2) is 5.75. The van der Waals surface area contributed by atoms with E-state index in [9.17, 15) is 9.90 Å². The number of aryl methyl sites for hydroxylation is 1. The number of carbonyl (C=O) groups is 1. The number of ether oxygens (including phenoxy) is 1. The van der Waals surface area contributed by atoms with E-state index in [0.29, 0.717) is 5.56 Å². The van der Waals surface area contributed by atoms with Crippen LogP contribution in [-0.2, 0) is 4.74 Å². The molecule has 0 fully saturated rings. The summed E-state index contributed by atoms with van der Waals surface area (Å²) >= 11 is 0. The van der Waals surface area contributed by atoms with Crippen molar-refractivity contribution in [2.75, 3.05) is 6.61 Å². The van der Waals surface area contributed by atoms with Crippen LogP contribution in [0, 0.1) is 6.92 Å². The molecule has 0 aliphatic heterocycles. The van der Waals surface area contributed by atoms with Gasteiger partial charge in [-0.1, -0.05) is 11.6 Å². The summed E-state index contributed by atoms with van der Waals surface area (Å²) in [6.07, 6.45) is 0.741. The standard InChI is InChI=1S/C11H14N2O3/c1-3-16-11(15)13-12-7-9-6-8(2)4-5-10(9)14/h4-7,14H,3H2,1-2H3,(H,13,15)/b12-7-. The average Bonchev–Trinajstić information content (AvgIpc) is 2.23. The predicted octanol–water partition coefficient (Wildman–Crippen LogP) is 1.78. The van der Waals surface area contributed by atoms with Gasteiger partial charge in [0.15, 0.2) is 0 Å². The molecule has 0 aliphatic rings. The minimum atomic E-state index is -0.620. The molecule has 0 aliphatic carbocycles. The lowest BCUT2D eigenvalue weighted by atomic mass is 10.1. The molecule has 0 unspecified atom stereocenters. The summed E-state index contributed by atoms with van der Waals surface area (Å²) in [6, 6.07) is 5.11. The molecule has 5 nitrogen and oxygen atoms in total. The fourth-order valence-electron chi connectivity index (χ4n) is 1.10. The van der Waals surface area contributed by atoms with E-state index in [1.165, 1.54) is 6.21 Å². The maximum atomic E-state index is 10.9. The summed E-state index contributed by atoms with van der Waals surface area (Å²) in [7, 11) is 0. The number of aromatic hydroxyl groups is 1. The predicted molar refractivity (Wildman–Crippen MR) is 60.6 cm³/mol. The molecule has 86 valence electrons. The van der Waals surface area contributed by atoms with Crippen LogP contribution in [0.2, 0.25) is 0 Å². The molecule has 16 heavy (non-hydrogen) atoms. The highest BCUT2D eigenvalue weighted by Crippen LogP contribution is 2.15. The number of phenolic OH excluding ortho intramolecular Hbond substituents is 1. The molecule has 0 heterocycles. The molecule has 0 radical (unpaired) electrons. The molecule has 0 aromatic heterocycles. The fraction of sp³-hybridized carbons (Fsp3) is 0.273. The summed E-state index contributed by atoms with van der Waals surface area (Å²) in [5.41, 5.74) is 3.71. The number of hydrogen-bond donors (Lipinski definition) is 2. The highest BCUT2D eigenvalue weighted by molar-refractivity contribution is 5.84. The van der Waals surface area contributed by atoms with Crippen LogP contribution in [0.1, 0.15) is 18.1 Å². The van der Waals surface area contributed by atoms with Gasteiger partial charge in [-0.2, -0.15) is 5.10 Å². The van der Waals surface area contributed by atoms with Crippen molar-refractivity contribution in [2.45, 2.75) is 13.8 Å². The maximum Gasteiger partial charge on any atom is 0.427 e. The first kappa shape index (κ1) is 12.0. The molecule has 0 saturated heterocycles. The second-order valence-corrected chi connectivity index (χ2v) is 3.15. The van der Waals surface area contributed by atoms with Crippen molar-refractivity contribution in [2.24, 2.45) is 5.10 Å². The van der Waals surface area contributed by atoms with Gasteiger partial charge in [-0.3, -0.25) is 0 Å². The lowest BCUT2D eigenvalue weighted by Gasteiger charge is -2.01. The first-order valence-corrected chi connectivity index (χ1v) is 4.89. The van der Waals surface area contributed by atoms with Crippen LogP contribution in [-0.4, -0.2) is 24.0 Å². The maximum absolute atomic E-state index is 10.9. The van der Waals surface area contributed by atoms with Gasteiger partial charge in [0, 0.05) is 5.56 Å². The van der Waals surface area contributed by atoms with Gasteiger partial charge in [-0.15, -0.1) is 0 Å². The van der Waals surface area contributed by atoms with E-state index in [-0.39, 0.29) is 12.4 Å². The third kappa shape index (κ3) is 3.61. The Hall–Kier alpha value is -2.04. The number of hydrogen-bond acceptors (Lipinski definition) is 4. The first-order valence-electron chi connectivity index (χ1n) is 4.89. The van der Waals surface area contributed by atoms with Gasteiger partial charge in [-0.05, 0) is 26.0 Å². The molecular formula is C11H14N2O3. The lowest BCUT2D eigenvalue weighted by molar-refractivity contribution is 0.152. The van der Waals surface area contributed by atoms with Crippen LogP contribution in [0.3, 0.4) is 0 Å². The third-order valence-electron chi connectivity index (χ3n) is 1.82. The van der Waals surface area contributed by atoms with Crippen LogP contribution in [0.4, 0.5) is 4.79 Å². The Bertz CT molecular complexity index is 402. The summed E-state index contributed by atoms with van der Waals surface area (Å²) < 4.78 is 4.61. The summed E-state index contributed by atoms with van der Waals surface area (Å²) in [5.74, 6) is 0.111. The Morgan fingerprint density at radius 2 is 2.38 bits per heavy atom. The summed E-state index contributed by atoms with van der Waals surface area (Å²) in [6.45, 7) is 3.89. The van der Waals surface area contributed by atoms with E-state index in [1.54, 1.807) is 25.1 Å². The molecule has 2 N–H and O–H groups in total. The van der Waals surface area contributed by atoms with E-state index in [1.807, 2.05) is 6.92 Å². The van der Waals surface area contributed by atoms with Crippen molar-refractivity contribution >= 4 is 12.3 Å². The Kier molecular flexibility index (Phi) is 4.32. The van der Waals surface area contributed by atoms with Crippen molar-refractivity contribution in [3.63, 3.8) is 0 Å². The minimum absolute atomic E-state index is 0.111. The van der Waals surface area contributed by atoms with Gasteiger partial charge in [0.25, 0.3) is 0 Å². The largest absolute Gasteiger partial charge is 0.507 e. The van der Waals surface area contributed by atoms with Crippen LogP contribution in [0.25, 0.3) is 0 Å². The number of nitrogens with one attached hydrogen (secondary N) is 1. The SMILES string of the molecule is CCOC(=O)N/N=C\c1cc(C)ccc1O. The van der Waals surface area contributed by atoms with Gasteiger partial charge in [-0.25, -0.2) is 10.2 Å². The monoisotopic (exact) mass is 222 g/mol. The molecular weight excluding hydrogens is 208 g/mol. The van der Waals surface area contributed by atoms with Crippen molar-refractivity contribution in [1.82, 2.24) is 5.43 Å². The topological polar surface area (TPSA) is 70.9 Å². The molecule has 1 amide bonds. The number of rotatable bonds is 3. The normalized spacial score (nSPS) is 10.4. The van der Waals surface area contributed by atoms with Gasteiger partial charge >= 0.3 is 6.09 Å². The minimum Gasteiger partial charge on any atom is -0.507 e. The zero-order chi connectivity index (χ0) is 12.0. The van der Waals surface area contributed by atoms with Crippen LogP contribution >= 0.6 is 0 Å². The molecule has 0 spiro atoms. The fourth-order valence-corrected chi connectivity index (χ4v) is 1.10. The Balaban J connectivity index is 2.62. The first-order chi connectivity index (χ1) is 7.63. The van der Waals surface area contributed by atoms with E-state index >= 15 is 0 Å². The van der Waals surface area contributed by atoms with Crippen molar-refractivity contribution in [3.05, 3.63) is 29.3 Å². The van der Waals surface area contributed by atoms with Gasteiger partial charge in [0.2, 0.25) is 0 Å². The molecule has 0 saturated carbocycles. The molecule has 0 bridgehead atoms. The lowest BCUT2D eigenvalue weighted by Crippen LogP contribution is -2.18. The zero-order valence-electron chi connectivity index (χ0n) is 9.23. The molecule has 5 heteroatoms. The molecule has 0 atom stereocenters. The zero-order valence-corrected chi connectivity index (χ0v) is 9.23. The smallest absolute Gasteiger partial charge is 0.427 e. The second-order valence-electron chi connectivity index (χ2n) is 3.15. The van der Waals surface area contributed by atoms with Gasteiger partial charge in [0.05, 0.1) is 12.8 Å². The number of nitrogens with zero attached hydrogens (tertiary/aromatic N) is 1. The van der Waals surface area contributed by atoms with E-state index in [0.717, 1.165) is 5.56 Å². The van der Waals surface area contributed by atoms with Crippen LogP contribution in [0.15, 0.2) is 23.3 Å². The molecule has 1 rings (SSSR count). The highest BCUT2D eigenvalue weighted by atomic mass is 16.5. The Morgan fingerprint density at radius 3 is 3.06 bits per heavy atom. The number of hydrazone groups is 1. The highest BCUT2D eigenvalue weighted by Gasteiger charge is 1.99. The van der Waals surface area contributed by atoms with Crippen molar-refractivity contribution in [1.29, 1.82) is 0 Å². The van der Waals surface area contributed by atoms with Crippen LogP contribution in [0.5, 0.6) is 5.75 Å². The Morgan fingerprint density at radius 1 is 1.62 bits per heavy atom. The number of benzene rings is 1. The van der Waals surface area contributed by atoms with Gasteiger partial charge in [0.1, 0.15) is 5.75 Å². The third-order valence-corrected chi connectivity index (χ3v) is 1.82. The van der Waals surface area contributed by atoms with E-state index in [4.69, 9.17) is 0 Å². The number of carbonyl (C=O) groups excluding carboxylic acids is 1. The van der Waals surface area contributed by atoms with Gasteiger partial charge < -0.3 is 9.84 Å². The molecule has 1 aromatic carbocycles. The van der Waals surface area contributed by atoms with Crippen molar-refractivity contribution in [3.8, 4) is 5.75 Å². The van der Waals surface area contributed by atoms with Crippen molar-refractivity contribution < 1.29 is 14.6 Å². The summed E-state index contributed by atoms with van der Waals surface area (Å²) in [4.78, 5) is 10.9. The quantitative estimate of drug-likeness (QED) is 0.605. The summed E-state index contributed by atoms with van der Waals surface area (Å²) in [5, 5.41) is 13.1. The average molecular weight is 222 g/mol. The van der Waals surface area contributed by atoms with E-state index < -0.39 is 6.09 Å². The Labute approximate surface area is 93.7 Å². The number of phenols is 1. The van der Waals surface area contributed by atoms with E-state index in [2.05, 4.69) is 15.3 Å². The van der Waals surface area contributed by atoms with Crippen LogP contribution < -0.4 is 5.43 Å².